The van der Waals surface area contributed by atoms with Crippen molar-refractivity contribution in [2.24, 2.45) is 5.73 Å². The first kappa shape index (κ1) is 10.9. The fourth-order valence-electron chi connectivity index (χ4n) is 1.58. The maximum Gasteiger partial charge on any atom is 0.0648 e. The lowest BCUT2D eigenvalue weighted by molar-refractivity contribution is 0.882. The molecule has 1 aromatic heterocycles. The molecule has 2 N–H and O–H groups in total. The van der Waals surface area contributed by atoms with E-state index in [1.165, 1.54) is 16.0 Å². The van der Waals surface area contributed by atoms with Gasteiger partial charge < -0.3 is 5.73 Å². The van der Waals surface area contributed by atoms with Gasteiger partial charge in [0, 0.05) is 14.7 Å². The highest BCUT2D eigenvalue weighted by molar-refractivity contribution is 9.10. The molecule has 3 heteroatoms. The summed E-state index contributed by atoms with van der Waals surface area (Å²) in [7, 11) is 0. The fourth-order valence-corrected chi connectivity index (χ4v) is 3.04. The van der Waals surface area contributed by atoms with E-state index >= 15 is 0 Å². The van der Waals surface area contributed by atoms with Gasteiger partial charge in [0.05, 0.1) is 6.04 Å². The highest BCUT2D eigenvalue weighted by Gasteiger charge is 2.12. The Morgan fingerprint density at radius 2 is 2.07 bits per heavy atom. The van der Waals surface area contributed by atoms with Crippen molar-refractivity contribution >= 4 is 27.3 Å². The molecule has 78 valence electrons. The van der Waals surface area contributed by atoms with Gasteiger partial charge in [-0.1, -0.05) is 24.3 Å². The van der Waals surface area contributed by atoms with E-state index in [9.17, 15) is 0 Å². The summed E-state index contributed by atoms with van der Waals surface area (Å²) in [5.74, 6) is 0. The Kier molecular flexibility index (Phi) is 3.24. The molecule has 0 bridgehead atoms. The van der Waals surface area contributed by atoms with Crippen LogP contribution in [0.3, 0.4) is 0 Å². The molecule has 0 aliphatic heterocycles. The summed E-state index contributed by atoms with van der Waals surface area (Å²) in [6.07, 6.45) is 0. The second-order valence-electron chi connectivity index (χ2n) is 3.50. The van der Waals surface area contributed by atoms with Crippen LogP contribution in [-0.4, -0.2) is 0 Å². The van der Waals surface area contributed by atoms with Crippen molar-refractivity contribution in [3.63, 3.8) is 0 Å². The molecule has 0 aliphatic rings. The number of halogens is 1. The van der Waals surface area contributed by atoms with Crippen LogP contribution in [0.15, 0.2) is 40.2 Å². The van der Waals surface area contributed by atoms with Crippen molar-refractivity contribution in [1.82, 2.24) is 0 Å². The Labute approximate surface area is 102 Å². The molecule has 15 heavy (non-hydrogen) atoms. The van der Waals surface area contributed by atoms with E-state index in [1.54, 1.807) is 11.3 Å². The summed E-state index contributed by atoms with van der Waals surface area (Å²) in [6, 6.07) is 10.3. The Morgan fingerprint density at radius 1 is 1.33 bits per heavy atom. The second kappa shape index (κ2) is 4.47. The van der Waals surface area contributed by atoms with Crippen molar-refractivity contribution in [3.8, 4) is 0 Å². The highest BCUT2D eigenvalue weighted by atomic mass is 79.9. The zero-order valence-electron chi connectivity index (χ0n) is 8.41. The van der Waals surface area contributed by atoms with E-state index in [0.29, 0.717) is 0 Å². The predicted molar refractivity (Wildman–Crippen MR) is 69.2 cm³/mol. The molecule has 0 saturated heterocycles. The van der Waals surface area contributed by atoms with Gasteiger partial charge in [0.1, 0.15) is 0 Å². The predicted octanol–water partition coefficient (Wildman–Crippen LogP) is 3.87. The zero-order valence-corrected chi connectivity index (χ0v) is 10.8. The molecule has 2 rings (SSSR count). The van der Waals surface area contributed by atoms with Gasteiger partial charge in [-0.2, -0.15) is 0 Å². The Hall–Kier alpha value is -0.640. The third kappa shape index (κ3) is 2.30. The van der Waals surface area contributed by atoms with Gasteiger partial charge >= 0.3 is 0 Å². The number of rotatable bonds is 2. The van der Waals surface area contributed by atoms with E-state index in [-0.39, 0.29) is 6.04 Å². The Morgan fingerprint density at radius 3 is 2.67 bits per heavy atom. The lowest BCUT2D eigenvalue weighted by Gasteiger charge is -2.12. The SMILES string of the molecule is Cc1ccccc1C(N)c1cc(Br)cs1. The quantitative estimate of drug-likeness (QED) is 0.889. The van der Waals surface area contributed by atoms with Crippen molar-refractivity contribution in [1.29, 1.82) is 0 Å². The van der Waals surface area contributed by atoms with E-state index in [1.807, 2.05) is 12.1 Å². The van der Waals surface area contributed by atoms with Crippen LogP contribution < -0.4 is 5.73 Å². The zero-order chi connectivity index (χ0) is 10.8. The van der Waals surface area contributed by atoms with Crippen LogP contribution in [0.5, 0.6) is 0 Å². The number of hydrogen-bond donors (Lipinski definition) is 1. The van der Waals surface area contributed by atoms with E-state index < -0.39 is 0 Å². The summed E-state index contributed by atoms with van der Waals surface area (Å²) in [5.41, 5.74) is 8.67. The Balaban J connectivity index is 2.36. The smallest absolute Gasteiger partial charge is 0.0648 e. The van der Waals surface area contributed by atoms with Gasteiger partial charge in [0.25, 0.3) is 0 Å². The average molecular weight is 282 g/mol. The van der Waals surface area contributed by atoms with Crippen molar-refractivity contribution in [3.05, 3.63) is 56.2 Å². The van der Waals surface area contributed by atoms with Crippen LogP contribution in [0.4, 0.5) is 0 Å². The van der Waals surface area contributed by atoms with Gasteiger partial charge in [-0.3, -0.25) is 0 Å². The normalized spacial score (nSPS) is 12.7. The minimum absolute atomic E-state index is 0.0116. The summed E-state index contributed by atoms with van der Waals surface area (Å²) >= 11 is 5.14. The van der Waals surface area contributed by atoms with Crippen LogP contribution >= 0.6 is 27.3 Å². The number of thiophene rings is 1. The molecule has 1 unspecified atom stereocenters. The molecule has 2 aromatic rings. The van der Waals surface area contributed by atoms with E-state index in [2.05, 4.69) is 46.4 Å². The monoisotopic (exact) mass is 281 g/mol. The molecule has 0 saturated carbocycles. The second-order valence-corrected chi connectivity index (χ2v) is 5.36. The van der Waals surface area contributed by atoms with E-state index in [4.69, 9.17) is 5.73 Å². The third-order valence-corrected chi connectivity index (χ3v) is 4.19. The molecule has 0 radical (unpaired) electrons. The van der Waals surface area contributed by atoms with Crippen molar-refractivity contribution < 1.29 is 0 Å². The van der Waals surface area contributed by atoms with Crippen LogP contribution in [0.2, 0.25) is 0 Å². The Bertz CT molecular complexity index is 464. The highest BCUT2D eigenvalue weighted by Crippen LogP contribution is 2.29. The van der Waals surface area contributed by atoms with Crippen LogP contribution in [0.25, 0.3) is 0 Å². The van der Waals surface area contributed by atoms with Gasteiger partial charge in [-0.25, -0.2) is 0 Å². The molecule has 0 amide bonds. The van der Waals surface area contributed by atoms with Crippen LogP contribution in [-0.2, 0) is 0 Å². The number of nitrogens with two attached hydrogens (primary N) is 1. The number of benzene rings is 1. The molecule has 0 spiro atoms. The van der Waals surface area contributed by atoms with Crippen LogP contribution in [0.1, 0.15) is 22.0 Å². The minimum Gasteiger partial charge on any atom is -0.320 e. The molecule has 1 nitrogen and oxygen atoms in total. The maximum absolute atomic E-state index is 6.22. The number of aryl methyl sites for hydroxylation is 1. The third-order valence-electron chi connectivity index (χ3n) is 2.42. The van der Waals surface area contributed by atoms with Crippen molar-refractivity contribution in [2.75, 3.05) is 0 Å². The van der Waals surface area contributed by atoms with Gasteiger partial charge in [0.15, 0.2) is 0 Å². The first-order chi connectivity index (χ1) is 7.18. The molecule has 1 heterocycles. The van der Waals surface area contributed by atoms with Gasteiger partial charge in [0.2, 0.25) is 0 Å². The maximum atomic E-state index is 6.22. The van der Waals surface area contributed by atoms with Crippen LogP contribution in [0, 0.1) is 6.92 Å². The molecule has 1 atom stereocenters. The molecular formula is C12H12BrNS. The largest absolute Gasteiger partial charge is 0.320 e. The summed E-state index contributed by atoms with van der Waals surface area (Å²) in [4.78, 5) is 1.19. The lowest BCUT2D eigenvalue weighted by atomic mass is 10.0. The van der Waals surface area contributed by atoms with Gasteiger partial charge in [-0.15, -0.1) is 11.3 Å². The molecule has 0 fully saturated rings. The number of hydrogen-bond acceptors (Lipinski definition) is 2. The topological polar surface area (TPSA) is 26.0 Å². The first-order valence-electron chi connectivity index (χ1n) is 4.73. The minimum atomic E-state index is -0.0116. The average Bonchev–Trinajstić information content (AvgIpc) is 2.65. The first-order valence-corrected chi connectivity index (χ1v) is 6.41. The van der Waals surface area contributed by atoms with Crippen molar-refractivity contribution in [2.45, 2.75) is 13.0 Å². The lowest BCUT2D eigenvalue weighted by Crippen LogP contribution is -2.11. The summed E-state index contributed by atoms with van der Waals surface area (Å²) in [6.45, 7) is 2.10. The van der Waals surface area contributed by atoms with Gasteiger partial charge in [-0.05, 0) is 40.0 Å². The summed E-state index contributed by atoms with van der Waals surface area (Å²) < 4.78 is 1.10. The molecule has 0 aliphatic carbocycles. The fraction of sp³-hybridized carbons (Fsp3) is 0.167. The molecular weight excluding hydrogens is 270 g/mol. The standard InChI is InChI=1S/C12H12BrNS/c1-8-4-2-3-5-10(8)12(14)11-6-9(13)7-15-11/h2-7,12H,14H2,1H3. The van der Waals surface area contributed by atoms with E-state index in [0.717, 1.165) is 4.47 Å². The molecule has 1 aromatic carbocycles. The summed E-state index contributed by atoms with van der Waals surface area (Å²) in [5, 5.41) is 2.06.